The molecule has 0 aliphatic heterocycles. The van der Waals surface area contributed by atoms with Gasteiger partial charge in [-0.1, -0.05) is 84.9 Å². The molecule has 0 heterocycles. The fraction of sp³-hybridized carbons (Fsp3) is 0.485. The molecule has 3 atom stereocenters. The Morgan fingerprint density at radius 3 is 1.93 bits per heavy atom. The molecule has 4 N–H and O–H groups in total. The largest absolute Gasteiger partial charge is 0.508 e. The van der Waals surface area contributed by atoms with Crippen LogP contribution in [0.5, 0.6) is 5.75 Å². The summed E-state index contributed by atoms with van der Waals surface area (Å²) in [7, 11) is -0.869. The first-order valence-corrected chi connectivity index (χ1v) is 16.1. The summed E-state index contributed by atoms with van der Waals surface area (Å²) in [5, 5.41) is 15.6. The van der Waals surface area contributed by atoms with Crippen molar-refractivity contribution in [2.24, 2.45) is 11.3 Å². The number of carbonyl (C=O) groups is 3. The zero-order valence-corrected chi connectivity index (χ0v) is 28.2. The van der Waals surface area contributed by atoms with Crippen LogP contribution in [-0.2, 0) is 29.8 Å². The fourth-order valence-electron chi connectivity index (χ4n) is 5.05. The van der Waals surface area contributed by atoms with Gasteiger partial charge in [0.05, 0.1) is 17.0 Å². The van der Waals surface area contributed by atoms with Crippen LogP contribution in [0, 0.1) is 11.3 Å². The second-order valence-corrected chi connectivity index (χ2v) is 14.8. The van der Waals surface area contributed by atoms with E-state index in [1.165, 1.54) is 36.1 Å². The molecule has 0 aliphatic carbocycles. The Balaban J connectivity index is 2.33. The van der Waals surface area contributed by atoms with Crippen LogP contribution in [0.1, 0.15) is 61.0 Å². The number of phenols is 1. The van der Waals surface area contributed by atoms with Gasteiger partial charge in [-0.05, 0) is 55.1 Å². The highest BCUT2D eigenvalue weighted by molar-refractivity contribution is 7.90. The summed E-state index contributed by atoms with van der Waals surface area (Å²) in [5.41, 5.74) is -0.184. The molecule has 0 saturated carbocycles. The second-order valence-electron chi connectivity index (χ2n) is 13.1. The van der Waals surface area contributed by atoms with Crippen molar-refractivity contribution in [3.05, 3.63) is 71.8 Å². The molecule has 2 aromatic rings. The molecule has 3 unspecified atom stereocenters. The third-order valence-corrected chi connectivity index (χ3v) is 9.17. The minimum atomic E-state index is -4.19. The SMILES string of the molecule is CNC(C(=O)NC(C(=O)N(C)C(C=C(C)C(=O)NS(=O)(=O)c1ccc(O)cc1)C(C)C)C(C)(C)C)C(C)(C)c1ccccc1. The van der Waals surface area contributed by atoms with Gasteiger partial charge in [-0.3, -0.25) is 14.4 Å². The van der Waals surface area contributed by atoms with E-state index in [1.807, 2.05) is 83.5 Å². The van der Waals surface area contributed by atoms with Crippen LogP contribution >= 0.6 is 0 Å². The number of phenolic OH excluding ortho intramolecular Hbond substituents is 1. The number of benzene rings is 2. The average molecular weight is 629 g/mol. The zero-order chi connectivity index (χ0) is 33.6. The molecule has 3 amide bonds. The first-order valence-electron chi connectivity index (χ1n) is 14.6. The van der Waals surface area contributed by atoms with Gasteiger partial charge in [0.15, 0.2) is 0 Å². The molecule has 0 fully saturated rings. The maximum absolute atomic E-state index is 14.0. The molecule has 10 nitrogen and oxygen atoms in total. The van der Waals surface area contributed by atoms with Crippen LogP contribution in [0.4, 0.5) is 0 Å². The van der Waals surface area contributed by atoms with Crippen LogP contribution in [0.3, 0.4) is 0 Å². The number of sulfonamides is 1. The second kappa shape index (κ2) is 14.4. The predicted octanol–water partition coefficient (Wildman–Crippen LogP) is 3.72. The van der Waals surface area contributed by atoms with Gasteiger partial charge in [0.25, 0.3) is 15.9 Å². The monoisotopic (exact) mass is 628 g/mol. The van der Waals surface area contributed by atoms with E-state index in [4.69, 9.17) is 0 Å². The zero-order valence-electron chi connectivity index (χ0n) is 27.4. The molecule has 0 aromatic heterocycles. The Morgan fingerprint density at radius 1 is 0.909 bits per heavy atom. The van der Waals surface area contributed by atoms with Crippen molar-refractivity contribution < 1.29 is 27.9 Å². The van der Waals surface area contributed by atoms with E-state index in [-0.39, 0.29) is 34.0 Å². The molecule has 242 valence electrons. The first kappa shape index (κ1) is 36.5. The van der Waals surface area contributed by atoms with Crippen LogP contribution in [0.15, 0.2) is 71.1 Å². The molecular formula is C33H48N4O6S. The molecule has 0 spiro atoms. The van der Waals surface area contributed by atoms with Gasteiger partial charge in [-0.15, -0.1) is 0 Å². The first-order chi connectivity index (χ1) is 20.2. The van der Waals surface area contributed by atoms with Gasteiger partial charge in [-0.2, -0.15) is 0 Å². The van der Waals surface area contributed by atoms with Crippen LogP contribution in [-0.4, -0.2) is 68.4 Å². The smallest absolute Gasteiger partial charge is 0.264 e. The summed E-state index contributed by atoms with van der Waals surface area (Å²) in [6.07, 6.45) is 1.56. The number of hydrogen-bond donors (Lipinski definition) is 4. The van der Waals surface area contributed by atoms with Gasteiger partial charge in [0.2, 0.25) is 11.8 Å². The number of nitrogens with one attached hydrogen (secondary N) is 3. The Bertz CT molecular complexity index is 1450. The van der Waals surface area contributed by atoms with Crippen molar-refractivity contribution in [3.8, 4) is 5.75 Å². The van der Waals surface area contributed by atoms with Crippen LogP contribution < -0.4 is 15.4 Å². The van der Waals surface area contributed by atoms with E-state index in [2.05, 4.69) is 10.6 Å². The number of hydrogen-bond acceptors (Lipinski definition) is 7. The van der Waals surface area contributed by atoms with Gasteiger partial charge < -0.3 is 20.6 Å². The van der Waals surface area contributed by atoms with Gasteiger partial charge in [0.1, 0.15) is 11.8 Å². The molecule has 2 aromatic carbocycles. The minimum Gasteiger partial charge on any atom is -0.508 e. The molecule has 0 aliphatic rings. The molecular weight excluding hydrogens is 580 g/mol. The van der Waals surface area contributed by atoms with E-state index in [0.29, 0.717) is 0 Å². The summed E-state index contributed by atoms with van der Waals surface area (Å²) in [4.78, 5) is 42.0. The normalized spacial score (nSPS) is 14.8. The summed E-state index contributed by atoms with van der Waals surface area (Å²) in [6.45, 7) is 14.8. The summed E-state index contributed by atoms with van der Waals surface area (Å²) in [5.74, 6) is -1.78. The number of nitrogens with zero attached hydrogens (tertiary/aromatic N) is 1. The van der Waals surface area contributed by atoms with Gasteiger partial charge in [-0.25, -0.2) is 13.1 Å². The van der Waals surface area contributed by atoms with E-state index in [9.17, 15) is 27.9 Å². The quantitative estimate of drug-likeness (QED) is 0.262. The van der Waals surface area contributed by atoms with Crippen molar-refractivity contribution in [2.75, 3.05) is 14.1 Å². The number of amides is 3. The lowest BCUT2D eigenvalue weighted by Crippen LogP contribution is -2.61. The maximum Gasteiger partial charge on any atom is 0.264 e. The van der Waals surface area contributed by atoms with Crippen LogP contribution in [0.2, 0.25) is 0 Å². The third kappa shape index (κ3) is 8.92. The van der Waals surface area contributed by atoms with E-state index >= 15 is 0 Å². The Kier molecular flexibility index (Phi) is 11.9. The summed E-state index contributed by atoms with van der Waals surface area (Å²) in [6, 6.07) is 12.3. The number of likely N-dealkylation sites (N-methyl/N-ethyl adjacent to an activating group) is 2. The number of carbonyl (C=O) groups excluding carboxylic acids is 3. The molecule has 0 radical (unpaired) electrons. The fourth-order valence-corrected chi connectivity index (χ4v) is 6.07. The third-order valence-electron chi connectivity index (χ3n) is 7.82. The van der Waals surface area contributed by atoms with Gasteiger partial charge >= 0.3 is 0 Å². The summed E-state index contributed by atoms with van der Waals surface area (Å²) >= 11 is 0. The van der Waals surface area contributed by atoms with E-state index < -0.39 is 44.9 Å². The van der Waals surface area contributed by atoms with Crippen molar-refractivity contribution in [1.82, 2.24) is 20.3 Å². The lowest BCUT2D eigenvalue weighted by Gasteiger charge is -2.40. The van der Waals surface area contributed by atoms with Gasteiger partial charge in [0, 0.05) is 18.0 Å². The Morgan fingerprint density at radius 2 is 1.45 bits per heavy atom. The molecule has 44 heavy (non-hydrogen) atoms. The maximum atomic E-state index is 14.0. The topological polar surface area (TPSA) is 145 Å². The molecule has 0 saturated heterocycles. The Hall–Kier alpha value is -3.70. The average Bonchev–Trinajstić information content (AvgIpc) is 2.93. The van der Waals surface area contributed by atoms with E-state index in [1.54, 1.807) is 20.2 Å². The highest BCUT2D eigenvalue weighted by Gasteiger charge is 2.41. The summed E-state index contributed by atoms with van der Waals surface area (Å²) < 4.78 is 27.5. The number of aromatic hydroxyl groups is 1. The standard InChI is InChI=1S/C33H48N4O6S/c1-21(2)26(20-22(3)29(39)36-44(42,43)25-18-16-24(38)17-19-25)37(10)31(41)28(32(4,5)6)35-30(40)27(34-9)33(7,8)23-14-12-11-13-15-23/h11-21,26-28,34,38H,1-10H3,(H,35,40)(H,36,39). The molecule has 11 heteroatoms. The highest BCUT2D eigenvalue weighted by Crippen LogP contribution is 2.29. The van der Waals surface area contributed by atoms with Crippen molar-refractivity contribution in [1.29, 1.82) is 0 Å². The Labute approximate surface area is 262 Å². The van der Waals surface area contributed by atoms with Crippen molar-refractivity contribution in [2.45, 2.75) is 83.8 Å². The van der Waals surface area contributed by atoms with Crippen LogP contribution in [0.25, 0.3) is 0 Å². The molecule has 2 rings (SSSR count). The minimum absolute atomic E-state index is 0.0990. The van der Waals surface area contributed by atoms with Crippen molar-refractivity contribution >= 4 is 27.7 Å². The van der Waals surface area contributed by atoms with E-state index in [0.717, 1.165) is 5.56 Å². The lowest BCUT2D eigenvalue weighted by molar-refractivity contribution is -0.140. The highest BCUT2D eigenvalue weighted by atomic mass is 32.2. The van der Waals surface area contributed by atoms with Crippen molar-refractivity contribution in [3.63, 3.8) is 0 Å². The predicted molar refractivity (Wildman–Crippen MR) is 172 cm³/mol. The lowest BCUT2D eigenvalue weighted by atomic mass is 9.76. The molecule has 0 bridgehead atoms. The number of rotatable bonds is 12.